The summed E-state index contributed by atoms with van der Waals surface area (Å²) in [5, 5.41) is 0. The van der Waals surface area contributed by atoms with Gasteiger partial charge in [0.15, 0.2) is 5.78 Å². The summed E-state index contributed by atoms with van der Waals surface area (Å²) in [6, 6.07) is 11.2. The Labute approximate surface area is 148 Å². The van der Waals surface area contributed by atoms with Gasteiger partial charge in [0, 0.05) is 24.6 Å². The molecular weight excluding hydrogens is 345 g/mol. The number of Topliss-reactive ketones (excluding diaryl/α,β-unsaturated/α-hetero) is 1. The van der Waals surface area contributed by atoms with Gasteiger partial charge in [-0.15, -0.1) is 0 Å². The molecule has 0 aliphatic rings. The molecule has 3 rings (SSSR count). The van der Waals surface area contributed by atoms with E-state index in [1.54, 1.807) is 43.3 Å². The molecule has 0 spiro atoms. The number of imidazole rings is 1. The van der Waals surface area contributed by atoms with E-state index in [1.807, 2.05) is 0 Å². The highest BCUT2D eigenvalue weighted by Gasteiger charge is 2.37. The average Bonchev–Trinajstić information content (AvgIpc) is 2.99. The smallest absolute Gasteiger partial charge is 0.449 e. The molecule has 3 aromatic rings. The predicted molar refractivity (Wildman–Crippen MR) is 91.5 cm³/mol. The molecule has 0 fully saturated rings. The molecule has 136 valence electrons. The Morgan fingerprint density at radius 2 is 1.85 bits per heavy atom. The number of alkyl halides is 3. The molecule has 1 heterocycles. The van der Waals surface area contributed by atoms with Crippen LogP contribution in [0, 0.1) is 0 Å². The largest absolute Gasteiger partial charge is 0.497 e. The van der Waals surface area contributed by atoms with E-state index >= 15 is 0 Å². The third-order valence-corrected chi connectivity index (χ3v) is 4.15. The zero-order valence-corrected chi connectivity index (χ0v) is 14.3. The maximum absolute atomic E-state index is 13.4. The topological polar surface area (TPSA) is 44.1 Å². The first kappa shape index (κ1) is 18.0. The van der Waals surface area contributed by atoms with Crippen LogP contribution in [0.15, 0.2) is 42.5 Å². The van der Waals surface area contributed by atoms with Crippen molar-refractivity contribution in [3.63, 3.8) is 0 Å². The number of ether oxygens (including phenoxy) is 1. The second-order valence-electron chi connectivity index (χ2n) is 5.85. The number of aromatic nitrogens is 2. The Balaban J connectivity index is 2.04. The van der Waals surface area contributed by atoms with Crippen molar-refractivity contribution in [3.05, 3.63) is 59.4 Å². The second kappa shape index (κ2) is 6.82. The molecule has 0 amide bonds. The highest BCUT2D eigenvalue weighted by molar-refractivity contribution is 5.95. The fourth-order valence-corrected chi connectivity index (χ4v) is 2.80. The van der Waals surface area contributed by atoms with Crippen LogP contribution in [-0.2, 0) is 12.7 Å². The fourth-order valence-electron chi connectivity index (χ4n) is 2.80. The number of hydrogen-bond donors (Lipinski definition) is 0. The molecule has 1 aromatic heterocycles. The van der Waals surface area contributed by atoms with Gasteiger partial charge >= 0.3 is 6.18 Å². The van der Waals surface area contributed by atoms with Crippen molar-refractivity contribution in [3.8, 4) is 5.75 Å². The van der Waals surface area contributed by atoms with Gasteiger partial charge in [0.2, 0.25) is 5.82 Å². The first-order valence-electron chi connectivity index (χ1n) is 8.07. The Bertz CT molecular complexity index is 944. The third-order valence-electron chi connectivity index (χ3n) is 4.15. The molecule has 0 atom stereocenters. The molecule has 0 radical (unpaired) electrons. The van der Waals surface area contributed by atoms with E-state index in [0.29, 0.717) is 28.8 Å². The van der Waals surface area contributed by atoms with Crippen LogP contribution in [0.4, 0.5) is 13.2 Å². The van der Waals surface area contributed by atoms with Crippen molar-refractivity contribution in [1.82, 2.24) is 9.55 Å². The summed E-state index contributed by atoms with van der Waals surface area (Å²) in [5.41, 5.74) is 1.78. The normalized spacial score (nSPS) is 11.7. The summed E-state index contributed by atoms with van der Waals surface area (Å²) >= 11 is 0. The summed E-state index contributed by atoms with van der Waals surface area (Å²) in [4.78, 5) is 15.4. The number of rotatable bonds is 5. The number of methoxy groups -OCH3 is 1. The fraction of sp³-hybridized carbons (Fsp3) is 0.263. The van der Waals surface area contributed by atoms with Crippen LogP contribution < -0.4 is 4.74 Å². The van der Waals surface area contributed by atoms with Crippen molar-refractivity contribution >= 4 is 16.8 Å². The van der Waals surface area contributed by atoms with E-state index in [-0.39, 0.29) is 17.8 Å². The van der Waals surface area contributed by atoms with Gasteiger partial charge in [0.05, 0.1) is 18.1 Å². The lowest BCUT2D eigenvalue weighted by Crippen LogP contribution is -2.15. The summed E-state index contributed by atoms with van der Waals surface area (Å²) in [6.07, 6.45) is -4.20. The van der Waals surface area contributed by atoms with Gasteiger partial charge in [-0.3, -0.25) is 4.79 Å². The molecule has 0 aliphatic carbocycles. The lowest BCUT2D eigenvalue weighted by Gasteiger charge is -2.12. The Hall–Kier alpha value is -2.83. The predicted octanol–water partition coefficient (Wildman–Crippen LogP) is 4.70. The lowest BCUT2D eigenvalue weighted by molar-refractivity contribution is -0.146. The molecule has 0 N–H and O–H groups in total. The summed E-state index contributed by atoms with van der Waals surface area (Å²) in [5.74, 6) is -0.527. The molecule has 26 heavy (non-hydrogen) atoms. The number of carbonyl (C=O) groups excluding carboxylic acids is 1. The zero-order valence-electron chi connectivity index (χ0n) is 14.3. The van der Waals surface area contributed by atoms with Gasteiger partial charge in [-0.2, -0.15) is 13.2 Å². The highest BCUT2D eigenvalue weighted by atomic mass is 19.4. The first-order chi connectivity index (χ1) is 12.3. The Morgan fingerprint density at radius 3 is 2.42 bits per heavy atom. The zero-order chi connectivity index (χ0) is 18.9. The number of halogens is 3. The molecule has 0 bridgehead atoms. The number of benzene rings is 2. The summed E-state index contributed by atoms with van der Waals surface area (Å²) in [7, 11) is 1.45. The van der Waals surface area contributed by atoms with E-state index < -0.39 is 12.0 Å². The van der Waals surface area contributed by atoms with Crippen LogP contribution in [0.5, 0.6) is 5.75 Å². The van der Waals surface area contributed by atoms with Gasteiger partial charge in [-0.25, -0.2) is 4.98 Å². The van der Waals surface area contributed by atoms with Crippen molar-refractivity contribution in [1.29, 1.82) is 0 Å². The molecule has 0 aliphatic heterocycles. The van der Waals surface area contributed by atoms with E-state index in [4.69, 9.17) is 4.74 Å². The van der Waals surface area contributed by atoms with Gasteiger partial charge in [-0.1, -0.05) is 31.2 Å². The maximum atomic E-state index is 13.4. The minimum absolute atomic E-state index is 0.00172. The molecule has 2 aromatic carbocycles. The molecule has 4 nitrogen and oxygen atoms in total. The Morgan fingerprint density at radius 1 is 1.15 bits per heavy atom. The van der Waals surface area contributed by atoms with Crippen LogP contribution in [0.1, 0.15) is 35.1 Å². The number of hydrogen-bond acceptors (Lipinski definition) is 3. The van der Waals surface area contributed by atoms with Crippen molar-refractivity contribution < 1.29 is 22.7 Å². The summed E-state index contributed by atoms with van der Waals surface area (Å²) in [6.45, 7) is 1.76. The van der Waals surface area contributed by atoms with Gasteiger partial charge in [0.1, 0.15) is 5.75 Å². The first-order valence-corrected chi connectivity index (χ1v) is 8.07. The molecule has 7 heteroatoms. The van der Waals surface area contributed by atoms with E-state index in [0.717, 1.165) is 4.57 Å². The molecule has 0 saturated carbocycles. The van der Waals surface area contributed by atoms with Crippen LogP contribution in [-0.4, -0.2) is 22.4 Å². The lowest BCUT2D eigenvalue weighted by atomic mass is 10.1. The van der Waals surface area contributed by atoms with Crippen LogP contribution in [0.3, 0.4) is 0 Å². The van der Waals surface area contributed by atoms with Crippen molar-refractivity contribution in [2.75, 3.05) is 7.11 Å². The van der Waals surface area contributed by atoms with E-state index in [1.165, 1.54) is 13.2 Å². The molecular formula is C19H17F3N2O2. The third kappa shape index (κ3) is 3.42. The standard InChI is InChI=1S/C19H17F3N2O2/c1-3-17(25)13-6-4-12(5-7-13)11-24-16-9-8-14(26-2)10-15(16)23-18(24)19(20,21)22/h4-10H,3,11H2,1-2H3. The second-order valence-corrected chi connectivity index (χ2v) is 5.85. The van der Waals surface area contributed by atoms with Crippen molar-refractivity contribution in [2.45, 2.75) is 26.1 Å². The molecule has 0 saturated heterocycles. The number of fused-ring (bicyclic) bond motifs is 1. The van der Waals surface area contributed by atoms with Gasteiger partial charge in [0.25, 0.3) is 0 Å². The minimum Gasteiger partial charge on any atom is -0.497 e. The number of nitrogens with zero attached hydrogens (tertiary/aromatic N) is 2. The highest BCUT2D eigenvalue weighted by Crippen LogP contribution is 2.33. The van der Waals surface area contributed by atoms with E-state index in [2.05, 4.69) is 4.98 Å². The monoisotopic (exact) mass is 362 g/mol. The van der Waals surface area contributed by atoms with Crippen LogP contribution in [0.2, 0.25) is 0 Å². The minimum atomic E-state index is -4.58. The number of carbonyl (C=O) groups is 1. The average molecular weight is 362 g/mol. The summed E-state index contributed by atoms with van der Waals surface area (Å²) < 4.78 is 46.5. The quantitative estimate of drug-likeness (QED) is 0.618. The van der Waals surface area contributed by atoms with E-state index in [9.17, 15) is 18.0 Å². The molecule has 0 unspecified atom stereocenters. The van der Waals surface area contributed by atoms with Crippen LogP contribution >= 0.6 is 0 Å². The van der Waals surface area contributed by atoms with Crippen molar-refractivity contribution in [2.24, 2.45) is 0 Å². The number of ketones is 1. The SMILES string of the molecule is CCC(=O)c1ccc(Cn2c(C(F)(F)F)nc3cc(OC)ccc32)cc1. The van der Waals surface area contributed by atoms with Crippen LogP contribution in [0.25, 0.3) is 11.0 Å². The maximum Gasteiger partial charge on any atom is 0.449 e. The van der Waals surface area contributed by atoms with Gasteiger partial charge < -0.3 is 9.30 Å². The Kier molecular flexibility index (Phi) is 4.71. The van der Waals surface area contributed by atoms with Gasteiger partial charge in [-0.05, 0) is 17.7 Å².